The third kappa shape index (κ3) is 2.13. The summed E-state index contributed by atoms with van der Waals surface area (Å²) in [4.78, 5) is 11.7. The Morgan fingerprint density at radius 1 is 1.08 bits per heavy atom. The summed E-state index contributed by atoms with van der Waals surface area (Å²) >= 11 is 1.44. The lowest BCUT2D eigenvalue weighted by atomic mass is 9.94. The first kappa shape index (κ1) is 14.7. The van der Waals surface area contributed by atoms with Crippen LogP contribution in [0.3, 0.4) is 0 Å². The van der Waals surface area contributed by atoms with Gasteiger partial charge >= 0.3 is 0 Å². The molecule has 2 N–H and O–H groups in total. The highest BCUT2D eigenvalue weighted by Gasteiger charge is 2.17. The van der Waals surface area contributed by atoms with Gasteiger partial charge in [0.1, 0.15) is 5.75 Å². The molecule has 4 rings (SSSR count). The third-order valence-corrected chi connectivity index (χ3v) is 5.00. The molecule has 0 saturated carbocycles. The normalized spacial score (nSPS) is 11.0. The summed E-state index contributed by atoms with van der Waals surface area (Å²) in [7, 11) is 1.66. The van der Waals surface area contributed by atoms with Crippen LogP contribution in [0, 0.1) is 0 Å². The van der Waals surface area contributed by atoms with Crippen LogP contribution in [0.2, 0.25) is 0 Å². The molecule has 1 amide bonds. The van der Waals surface area contributed by atoms with Gasteiger partial charge in [0.2, 0.25) is 5.91 Å². The van der Waals surface area contributed by atoms with Crippen molar-refractivity contribution in [2.45, 2.75) is 0 Å². The molecular weight excluding hydrogens is 320 g/mol. The van der Waals surface area contributed by atoms with E-state index in [-0.39, 0.29) is 0 Å². The summed E-state index contributed by atoms with van der Waals surface area (Å²) in [5.41, 5.74) is 8.04. The van der Waals surface area contributed by atoms with E-state index in [2.05, 4.69) is 4.37 Å². The quantitative estimate of drug-likeness (QED) is 0.610. The molecule has 1 heterocycles. The Morgan fingerprint density at radius 2 is 1.88 bits per heavy atom. The first-order valence-electron chi connectivity index (χ1n) is 7.44. The van der Waals surface area contributed by atoms with Crippen LogP contribution in [0.5, 0.6) is 5.75 Å². The molecule has 24 heavy (non-hydrogen) atoms. The lowest BCUT2D eigenvalue weighted by Crippen LogP contribution is -2.11. The zero-order chi connectivity index (χ0) is 16.7. The molecule has 5 heteroatoms. The Kier molecular flexibility index (Phi) is 3.43. The van der Waals surface area contributed by atoms with Gasteiger partial charge in [-0.2, -0.15) is 4.37 Å². The lowest BCUT2D eigenvalue weighted by molar-refractivity contribution is 0.100. The zero-order valence-corrected chi connectivity index (χ0v) is 13.8. The molecule has 0 saturated heterocycles. The number of hydrogen-bond donors (Lipinski definition) is 1. The van der Waals surface area contributed by atoms with E-state index < -0.39 is 5.91 Å². The number of nitrogens with two attached hydrogens (primary N) is 1. The summed E-state index contributed by atoms with van der Waals surface area (Å²) in [6.45, 7) is 0. The van der Waals surface area contributed by atoms with E-state index in [9.17, 15) is 4.79 Å². The zero-order valence-electron chi connectivity index (χ0n) is 12.9. The van der Waals surface area contributed by atoms with Crippen molar-refractivity contribution in [3.05, 3.63) is 60.3 Å². The first-order chi connectivity index (χ1) is 11.7. The van der Waals surface area contributed by atoms with Gasteiger partial charge in [-0.05, 0) is 46.1 Å². The summed E-state index contributed by atoms with van der Waals surface area (Å²) in [6.07, 6.45) is 1.85. The van der Waals surface area contributed by atoms with Crippen molar-refractivity contribution in [1.29, 1.82) is 0 Å². The number of carbonyl (C=O) groups is 1. The molecule has 0 bridgehead atoms. The lowest BCUT2D eigenvalue weighted by Gasteiger charge is -2.14. The summed E-state index contributed by atoms with van der Waals surface area (Å²) in [5, 5.41) is 2.87. The van der Waals surface area contributed by atoms with Crippen LogP contribution in [0.1, 0.15) is 10.4 Å². The number of hydrogen-bond acceptors (Lipinski definition) is 4. The molecule has 118 valence electrons. The van der Waals surface area contributed by atoms with Gasteiger partial charge in [0.05, 0.1) is 11.8 Å². The maximum absolute atomic E-state index is 11.7. The molecule has 4 aromatic rings. The standard InChI is InChI=1S/C19H14N2O2S/c1-23-16-9-6-11-10-21-24-18(11)17(16)14-7-8-15(19(20)22)13-5-3-2-4-12(13)14/h2-10H,1H3,(H2,20,22). The van der Waals surface area contributed by atoms with Gasteiger partial charge in [0.25, 0.3) is 0 Å². The molecule has 0 fully saturated rings. The highest BCUT2D eigenvalue weighted by atomic mass is 32.1. The Balaban J connectivity index is 2.14. The summed E-state index contributed by atoms with van der Waals surface area (Å²) in [5.74, 6) is 0.351. The molecule has 0 aliphatic rings. The first-order valence-corrected chi connectivity index (χ1v) is 8.21. The van der Waals surface area contributed by atoms with E-state index in [1.54, 1.807) is 13.2 Å². The van der Waals surface area contributed by atoms with Crippen LogP contribution < -0.4 is 10.5 Å². The second-order valence-corrected chi connectivity index (χ2v) is 6.26. The van der Waals surface area contributed by atoms with Gasteiger partial charge in [0.15, 0.2) is 0 Å². The largest absolute Gasteiger partial charge is 0.496 e. The fourth-order valence-electron chi connectivity index (χ4n) is 3.07. The van der Waals surface area contributed by atoms with Gasteiger partial charge in [-0.15, -0.1) is 0 Å². The van der Waals surface area contributed by atoms with E-state index in [1.807, 2.05) is 48.7 Å². The molecule has 4 nitrogen and oxygen atoms in total. The van der Waals surface area contributed by atoms with Crippen molar-refractivity contribution in [2.24, 2.45) is 5.73 Å². The highest BCUT2D eigenvalue weighted by molar-refractivity contribution is 7.14. The Morgan fingerprint density at radius 3 is 2.62 bits per heavy atom. The van der Waals surface area contributed by atoms with Gasteiger partial charge in [-0.3, -0.25) is 4.79 Å². The fourth-order valence-corrected chi connectivity index (χ4v) is 3.87. The van der Waals surface area contributed by atoms with Crippen molar-refractivity contribution in [2.75, 3.05) is 7.11 Å². The predicted octanol–water partition coefficient (Wildman–Crippen LogP) is 4.22. The van der Waals surface area contributed by atoms with E-state index in [4.69, 9.17) is 10.5 Å². The SMILES string of the molecule is COc1ccc2cnsc2c1-c1ccc(C(N)=O)c2ccccc12. The maximum Gasteiger partial charge on any atom is 0.249 e. The number of methoxy groups -OCH3 is 1. The van der Waals surface area contributed by atoms with Crippen LogP contribution in [-0.4, -0.2) is 17.4 Å². The van der Waals surface area contributed by atoms with Gasteiger partial charge < -0.3 is 10.5 Å². The minimum atomic E-state index is -0.430. The van der Waals surface area contributed by atoms with Crippen LogP contribution in [-0.2, 0) is 0 Å². The average Bonchev–Trinajstić information content (AvgIpc) is 3.08. The van der Waals surface area contributed by atoms with Crippen LogP contribution in [0.25, 0.3) is 32.0 Å². The van der Waals surface area contributed by atoms with Crippen LogP contribution >= 0.6 is 11.5 Å². The number of amides is 1. The average molecular weight is 334 g/mol. The number of rotatable bonds is 3. The molecule has 0 aliphatic carbocycles. The number of ether oxygens (including phenoxy) is 1. The number of fused-ring (bicyclic) bond motifs is 2. The molecule has 0 atom stereocenters. The minimum Gasteiger partial charge on any atom is -0.496 e. The number of benzene rings is 3. The van der Waals surface area contributed by atoms with E-state index in [1.165, 1.54) is 11.5 Å². The molecular formula is C19H14N2O2S. The minimum absolute atomic E-state index is 0.430. The topological polar surface area (TPSA) is 65.2 Å². The molecule has 3 aromatic carbocycles. The van der Waals surface area contributed by atoms with Crippen molar-refractivity contribution in [1.82, 2.24) is 4.37 Å². The Labute approximate surface area is 142 Å². The highest BCUT2D eigenvalue weighted by Crippen LogP contribution is 2.42. The third-order valence-electron chi connectivity index (χ3n) is 4.16. The molecule has 0 unspecified atom stereocenters. The number of carbonyl (C=O) groups excluding carboxylic acids is 1. The molecule has 0 spiro atoms. The van der Waals surface area contributed by atoms with Crippen LogP contribution in [0.4, 0.5) is 0 Å². The smallest absolute Gasteiger partial charge is 0.249 e. The number of aromatic nitrogens is 1. The van der Waals surface area contributed by atoms with Crippen molar-refractivity contribution >= 4 is 38.3 Å². The van der Waals surface area contributed by atoms with E-state index in [0.717, 1.165) is 37.7 Å². The maximum atomic E-state index is 11.7. The van der Waals surface area contributed by atoms with E-state index >= 15 is 0 Å². The summed E-state index contributed by atoms with van der Waals surface area (Å²) < 4.78 is 11.0. The number of primary amides is 1. The molecule has 0 aliphatic heterocycles. The molecule has 1 aromatic heterocycles. The Hall–Kier alpha value is -2.92. The second kappa shape index (κ2) is 5.62. The monoisotopic (exact) mass is 334 g/mol. The second-order valence-electron chi connectivity index (χ2n) is 5.46. The Bertz CT molecular complexity index is 1090. The van der Waals surface area contributed by atoms with E-state index in [0.29, 0.717) is 5.56 Å². The summed E-state index contributed by atoms with van der Waals surface area (Å²) in [6, 6.07) is 15.4. The van der Waals surface area contributed by atoms with Gasteiger partial charge in [0, 0.05) is 22.7 Å². The van der Waals surface area contributed by atoms with Crippen molar-refractivity contribution < 1.29 is 9.53 Å². The van der Waals surface area contributed by atoms with Gasteiger partial charge in [-0.25, -0.2) is 0 Å². The van der Waals surface area contributed by atoms with Gasteiger partial charge in [-0.1, -0.05) is 30.3 Å². The van der Waals surface area contributed by atoms with Crippen molar-refractivity contribution in [3.63, 3.8) is 0 Å². The fraction of sp³-hybridized carbons (Fsp3) is 0.0526. The van der Waals surface area contributed by atoms with Crippen molar-refractivity contribution in [3.8, 4) is 16.9 Å². The predicted molar refractivity (Wildman–Crippen MR) is 97.6 cm³/mol. The number of nitrogens with zero attached hydrogens (tertiary/aromatic N) is 1. The molecule has 0 radical (unpaired) electrons. The van der Waals surface area contributed by atoms with Crippen LogP contribution in [0.15, 0.2) is 54.7 Å².